The van der Waals surface area contributed by atoms with Crippen molar-refractivity contribution in [2.24, 2.45) is 0 Å². The largest absolute Gasteiger partial charge is 0.351 e. The van der Waals surface area contributed by atoms with Gasteiger partial charge in [0.1, 0.15) is 5.82 Å². The van der Waals surface area contributed by atoms with E-state index in [1.165, 1.54) is 6.07 Å². The van der Waals surface area contributed by atoms with E-state index in [9.17, 15) is 9.18 Å². The number of hydrogen-bond acceptors (Lipinski definition) is 2. The van der Waals surface area contributed by atoms with Gasteiger partial charge in [0.05, 0.1) is 0 Å². The molecule has 0 fully saturated rings. The minimum absolute atomic E-state index is 0.155. The summed E-state index contributed by atoms with van der Waals surface area (Å²) in [6, 6.07) is 6.71. The molecule has 0 saturated heterocycles. The van der Waals surface area contributed by atoms with Gasteiger partial charge in [0.2, 0.25) is 5.91 Å². The fourth-order valence-corrected chi connectivity index (χ4v) is 2.25. The summed E-state index contributed by atoms with van der Waals surface area (Å²) in [7, 11) is 0. The van der Waals surface area contributed by atoms with Crippen LogP contribution in [0.2, 0.25) is 0 Å². The lowest BCUT2D eigenvalue weighted by atomic mass is 10.1. The molecular formula is C17H25FN2O. The second-order valence-corrected chi connectivity index (χ2v) is 5.13. The third kappa shape index (κ3) is 5.31. The molecule has 0 radical (unpaired) electrons. The normalized spacial score (nSPS) is 13.3. The van der Waals surface area contributed by atoms with E-state index in [0.29, 0.717) is 17.7 Å². The Balaban J connectivity index is 2.61. The fourth-order valence-electron chi connectivity index (χ4n) is 2.25. The van der Waals surface area contributed by atoms with Crippen LogP contribution in [0.15, 0.2) is 29.8 Å². The van der Waals surface area contributed by atoms with Gasteiger partial charge in [-0.1, -0.05) is 32.0 Å². The van der Waals surface area contributed by atoms with Gasteiger partial charge in [-0.2, -0.15) is 0 Å². The first-order chi connectivity index (χ1) is 9.99. The van der Waals surface area contributed by atoms with Crippen LogP contribution >= 0.6 is 0 Å². The predicted molar refractivity (Wildman–Crippen MR) is 85.4 cm³/mol. The number of nitrogens with zero attached hydrogens (tertiary/aromatic N) is 1. The van der Waals surface area contributed by atoms with Crippen molar-refractivity contribution < 1.29 is 9.18 Å². The van der Waals surface area contributed by atoms with E-state index < -0.39 is 0 Å². The Morgan fingerprint density at radius 2 is 1.95 bits per heavy atom. The van der Waals surface area contributed by atoms with E-state index in [1.54, 1.807) is 31.2 Å². The van der Waals surface area contributed by atoms with Crippen molar-refractivity contribution in [3.8, 4) is 0 Å². The maximum Gasteiger partial charge on any atom is 0.246 e. The highest BCUT2D eigenvalue weighted by atomic mass is 19.1. The van der Waals surface area contributed by atoms with Gasteiger partial charge in [0.15, 0.2) is 0 Å². The highest BCUT2D eigenvalue weighted by Crippen LogP contribution is 2.11. The lowest BCUT2D eigenvalue weighted by Gasteiger charge is -2.26. The Bertz CT molecular complexity index is 495. The van der Waals surface area contributed by atoms with Gasteiger partial charge in [0, 0.05) is 23.7 Å². The molecule has 0 aromatic heterocycles. The molecule has 0 aliphatic carbocycles. The second kappa shape index (κ2) is 8.57. The number of rotatable bonds is 7. The lowest BCUT2D eigenvalue weighted by molar-refractivity contribution is -0.117. The zero-order valence-electron chi connectivity index (χ0n) is 13.3. The van der Waals surface area contributed by atoms with Gasteiger partial charge in [-0.25, -0.2) is 4.39 Å². The molecule has 0 spiro atoms. The molecule has 3 nitrogen and oxygen atoms in total. The Morgan fingerprint density at radius 1 is 1.33 bits per heavy atom. The molecule has 0 bridgehead atoms. The van der Waals surface area contributed by atoms with Crippen LogP contribution in [0.4, 0.5) is 4.39 Å². The number of amides is 1. The minimum atomic E-state index is -0.318. The third-order valence-corrected chi connectivity index (χ3v) is 3.63. The van der Waals surface area contributed by atoms with Crippen molar-refractivity contribution in [3.63, 3.8) is 0 Å². The molecule has 4 heteroatoms. The van der Waals surface area contributed by atoms with E-state index >= 15 is 0 Å². The highest BCUT2D eigenvalue weighted by Gasteiger charge is 2.12. The fraction of sp³-hybridized carbons (Fsp3) is 0.471. The van der Waals surface area contributed by atoms with Gasteiger partial charge in [-0.15, -0.1) is 0 Å². The van der Waals surface area contributed by atoms with Gasteiger partial charge < -0.3 is 5.32 Å². The zero-order valence-corrected chi connectivity index (χ0v) is 13.3. The molecule has 0 aliphatic heterocycles. The molecule has 1 N–H and O–H groups in total. The van der Waals surface area contributed by atoms with Gasteiger partial charge >= 0.3 is 0 Å². The van der Waals surface area contributed by atoms with Crippen LogP contribution in [0, 0.1) is 5.82 Å². The maximum absolute atomic E-state index is 13.5. The molecule has 21 heavy (non-hydrogen) atoms. The summed E-state index contributed by atoms with van der Waals surface area (Å²) in [5.41, 5.74) is 0.939. The number of nitrogens with one attached hydrogen (secondary N) is 1. The molecule has 1 aromatic carbocycles. The first-order valence-electron chi connectivity index (χ1n) is 7.44. The Kier molecular flexibility index (Phi) is 7.09. The van der Waals surface area contributed by atoms with E-state index in [2.05, 4.69) is 31.0 Å². The smallest absolute Gasteiger partial charge is 0.246 e. The number of benzene rings is 1. The van der Waals surface area contributed by atoms with Crippen LogP contribution in [-0.2, 0) is 4.79 Å². The van der Waals surface area contributed by atoms with Crippen molar-refractivity contribution in [2.45, 2.75) is 33.7 Å². The first-order valence-corrected chi connectivity index (χ1v) is 7.44. The molecular weight excluding hydrogens is 267 g/mol. The monoisotopic (exact) mass is 292 g/mol. The molecule has 1 unspecified atom stereocenters. The summed E-state index contributed by atoms with van der Waals surface area (Å²) in [6.45, 7) is 10.5. The second-order valence-electron chi connectivity index (χ2n) is 5.13. The van der Waals surface area contributed by atoms with E-state index in [-0.39, 0.29) is 17.8 Å². The summed E-state index contributed by atoms with van der Waals surface area (Å²) in [4.78, 5) is 14.3. The standard InChI is InChI=1S/C17H25FN2O/c1-5-20(6-2)14(4)12-19-17(21)13(3)11-15-9-7-8-10-16(15)18/h7-11,14H,5-6,12H2,1-4H3,(H,19,21)/b13-11+. The van der Waals surface area contributed by atoms with E-state index in [0.717, 1.165) is 13.1 Å². The van der Waals surface area contributed by atoms with E-state index in [4.69, 9.17) is 0 Å². The Morgan fingerprint density at radius 3 is 2.52 bits per heavy atom. The summed E-state index contributed by atoms with van der Waals surface area (Å²) in [5.74, 6) is -0.474. The van der Waals surface area contributed by atoms with Gasteiger partial charge in [0.25, 0.3) is 0 Å². The lowest BCUT2D eigenvalue weighted by Crippen LogP contribution is -2.42. The van der Waals surface area contributed by atoms with Crippen LogP contribution in [0.3, 0.4) is 0 Å². The Hall–Kier alpha value is -1.68. The average molecular weight is 292 g/mol. The van der Waals surface area contributed by atoms with Crippen LogP contribution < -0.4 is 5.32 Å². The SMILES string of the molecule is CCN(CC)C(C)CNC(=O)/C(C)=C/c1ccccc1F. The summed E-state index contributed by atoms with van der Waals surface area (Å²) in [6.07, 6.45) is 1.58. The van der Waals surface area contributed by atoms with Crippen molar-refractivity contribution >= 4 is 12.0 Å². The van der Waals surface area contributed by atoms with Gasteiger partial charge in [-0.05, 0) is 39.1 Å². The number of carbonyl (C=O) groups excluding carboxylic acids is 1. The summed E-state index contributed by atoms with van der Waals surface area (Å²) in [5, 5.41) is 2.90. The van der Waals surface area contributed by atoms with Crippen LogP contribution in [0.1, 0.15) is 33.3 Å². The zero-order chi connectivity index (χ0) is 15.8. The molecule has 0 aliphatic rings. The third-order valence-electron chi connectivity index (χ3n) is 3.63. The van der Waals surface area contributed by atoms with Crippen LogP contribution in [-0.4, -0.2) is 36.5 Å². The average Bonchev–Trinajstić information content (AvgIpc) is 2.48. The molecule has 1 rings (SSSR count). The van der Waals surface area contributed by atoms with Gasteiger partial charge in [-0.3, -0.25) is 9.69 Å². The summed E-state index contributed by atoms with van der Waals surface area (Å²) < 4.78 is 13.5. The predicted octanol–water partition coefficient (Wildman–Crippen LogP) is 3.08. The van der Waals surface area contributed by atoms with Crippen LogP contribution in [0.25, 0.3) is 6.08 Å². The van der Waals surface area contributed by atoms with Crippen LogP contribution in [0.5, 0.6) is 0 Å². The number of hydrogen-bond donors (Lipinski definition) is 1. The molecule has 0 heterocycles. The Labute approximate surface area is 126 Å². The highest BCUT2D eigenvalue weighted by molar-refractivity contribution is 5.97. The molecule has 1 atom stereocenters. The molecule has 1 aromatic rings. The topological polar surface area (TPSA) is 32.3 Å². The van der Waals surface area contributed by atoms with Crippen molar-refractivity contribution in [1.82, 2.24) is 10.2 Å². The maximum atomic E-state index is 13.5. The molecule has 1 amide bonds. The number of likely N-dealkylation sites (N-methyl/N-ethyl adjacent to an activating group) is 1. The summed E-state index contributed by atoms with van der Waals surface area (Å²) >= 11 is 0. The molecule has 116 valence electrons. The van der Waals surface area contributed by atoms with Crippen molar-refractivity contribution in [1.29, 1.82) is 0 Å². The number of halogens is 1. The quantitative estimate of drug-likeness (QED) is 0.783. The van der Waals surface area contributed by atoms with Crippen molar-refractivity contribution in [3.05, 3.63) is 41.2 Å². The first kappa shape index (κ1) is 17.4. The number of carbonyl (C=O) groups is 1. The van der Waals surface area contributed by atoms with Crippen molar-refractivity contribution in [2.75, 3.05) is 19.6 Å². The minimum Gasteiger partial charge on any atom is -0.351 e. The van der Waals surface area contributed by atoms with E-state index in [1.807, 2.05) is 0 Å². The molecule has 0 saturated carbocycles.